The summed E-state index contributed by atoms with van der Waals surface area (Å²) in [6, 6.07) is 0. The van der Waals surface area contributed by atoms with Crippen molar-refractivity contribution in [3.8, 4) is 0 Å². The second kappa shape index (κ2) is 4.42. The smallest absolute Gasteiger partial charge is 0.238 e. The quantitative estimate of drug-likeness (QED) is 0.535. The van der Waals surface area contributed by atoms with Crippen LogP contribution in [0.3, 0.4) is 0 Å². The van der Waals surface area contributed by atoms with E-state index in [0.29, 0.717) is 0 Å². The van der Waals surface area contributed by atoms with Gasteiger partial charge in [-0.1, -0.05) is 12.2 Å². The number of thiocarbonyl (C=S) groups is 1. The molecule has 0 aromatic heterocycles. The number of nitrogens with two attached hydrogens (primary N) is 2. The number of carbonyl (C=O) groups is 1. The summed E-state index contributed by atoms with van der Waals surface area (Å²) in [5, 5.41) is -1.05. The summed E-state index contributed by atoms with van der Waals surface area (Å²) < 4.78 is 25.4. The molecule has 0 aliphatic rings. The van der Waals surface area contributed by atoms with E-state index in [1.54, 1.807) is 0 Å². The van der Waals surface area contributed by atoms with Gasteiger partial charge in [-0.2, -0.15) is 4.72 Å². The standard InChI is InChI=1S/C7H15N3O3S2/c1-4(5(8)14)15(12,13)10-7(2,3)6(9)11/h4,10H,1-3H3,(H2,8,14)(H2,9,11). The van der Waals surface area contributed by atoms with Gasteiger partial charge < -0.3 is 11.5 Å². The molecular weight excluding hydrogens is 238 g/mol. The first-order valence-corrected chi connectivity index (χ1v) is 6.08. The minimum atomic E-state index is -3.78. The van der Waals surface area contributed by atoms with Crippen LogP contribution in [0.15, 0.2) is 0 Å². The minimum absolute atomic E-state index is 0.164. The van der Waals surface area contributed by atoms with Gasteiger partial charge in [-0.15, -0.1) is 0 Å². The van der Waals surface area contributed by atoms with Gasteiger partial charge in [-0.25, -0.2) is 8.42 Å². The van der Waals surface area contributed by atoms with Gasteiger partial charge in [-0.3, -0.25) is 4.79 Å². The van der Waals surface area contributed by atoms with Crippen molar-refractivity contribution in [1.29, 1.82) is 0 Å². The third kappa shape index (κ3) is 3.73. The molecular formula is C7H15N3O3S2. The van der Waals surface area contributed by atoms with E-state index in [1.165, 1.54) is 20.8 Å². The van der Waals surface area contributed by atoms with Crippen molar-refractivity contribution in [2.45, 2.75) is 31.6 Å². The lowest BCUT2D eigenvalue weighted by Crippen LogP contribution is -2.56. The molecule has 1 atom stereocenters. The Morgan fingerprint density at radius 2 is 1.80 bits per heavy atom. The number of primary amides is 1. The van der Waals surface area contributed by atoms with Crippen LogP contribution in [0.4, 0.5) is 0 Å². The fourth-order valence-electron chi connectivity index (χ4n) is 0.647. The molecule has 0 spiro atoms. The minimum Gasteiger partial charge on any atom is -0.392 e. The van der Waals surface area contributed by atoms with Gasteiger partial charge in [0.15, 0.2) is 0 Å². The molecule has 0 bridgehead atoms. The highest BCUT2D eigenvalue weighted by Gasteiger charge is 2.34. The van der Waals surface area contributed by atoms with Crippen molar-refractivity contribution in [1.82, 2.24) is 4.72 Å². The highest BCUT2D eigenvalue weighted by atomic mass is 32.2. The zero-order valence-electron chi connectivity index (χ0n) is 8.77. The van der Waals surface area contributed by atoms with E-state index in [4.69, 9.17) is 11.5 Å². The second-order valence-corrected chi connectivity index (χ2v) is 6.15. The molecule has 15 heavy (non-hydrogen) atoms. The van der Waals surface area contributed by atoms with Gasteiger partial charge >= 0.3 is 0 Å². The maximum atomic E-state index is 11.6. The summed E-state index contributed by atoms with van der Waals surface area (Å²) >= 11 is 4.56. The number of hydrogen-bond donors (Lipinski definition) is 3. The lowest BCUT2D eigenvalue weighted by molar-refractivity contribution is -0.122. The lowest BCUT2D eigenvalue weighted by atomic mass is 10.1. The highest BCUT2D eigenvalue weighted by Crippen LogP contribution is 2.07. The average molecular weight is 253 g/mol. The van der Waals surface area contributed by atoms with Crippen molar-refractivity contribution >= 4 is 33.1 Å². The summed E-state index contributed by atoms with van der Waals surface area (Å²) in [6.07, 6.45) is 0. The van der Waals surface area contributed by atoms with Gasteiger partial charge in [0.05, 0.1) is 4.99 Å². The fraction of sp³-hybridized carbons (Fsp3) is 0.714. The molecule has 0 rings (SSSR count). The number of sulfonamides is 1. The predicted octanol–water partition coefficient (Wildman–Crippen LogP) is -1.16. The molecule has 0 aromatic rings. The number of carbonyl (C=O) groups excluding carboxylic acids is 1. The summed E-state index contributed by atoms with van der Waals surface area (Å²) in [4.78, 5) is 10.8. The van der Waals surface area contributed by atoms with Crippen LogP contribution in [-0.2, 0) is 14.8 Å². The molecule has 8 heteroatoms. The van der Waals surface area contributed by atoms with Crippen LogP contribution < -0.4 is 16.2 Å². The van der Waals surface area contributed by atoms with Crippen LogP contribution in [0.25, 0.3) is 0 Å². The van der Waals surface area contributed by atoms with E-state index in [-0.39, 0.29) is 4.99 Å². The first kappa shape index (κ1) is 14.3. The zero-order chi connectivity index (χ0) is 12.4. The maximum absolute atomic E-state index is 11.6. The molecule has 5 N–H and O–H groups in total. The molecule has 88 valence electrons. The number of rotatable bonds is 5. The van der Waals surface area contributed by atoms with Gasteiger partial charge in [0.1, 0.15) is 10.8 Å². The highest BCUT2D eigenvalue weighted by molar-refractivity contribution is 7.93. The fourth-order valence-corrected chi connectivity index (χ4v) is 2.32. The van der Waals surface area contributed by atoms with Crippen LogP contribution in [0.1, 0.15) is 20.8 Å². The van der Waals surface area contributed by atoms with Gasteiger partial charge in [0, 0.05) is 0 Å². The summed E-state index contributed by atoms with van der Waals surface area (Å²) in [5.41, 5.74) is 8.87. The SMILES string of the molecule is CC(C(N)=S)S(=O)(=O)NC(C)(C)C(N)=O. The van der Waals surface area contributed by atoms with E-state index in [2.05, 4.69) is 16.9 Å². The Labute approximate surface area is 94.4 Å². The lowest BCUT2D eigenvalue weighted by Gasteiger charge is -2.24. The van der Waals surface area contributed by atoms with Crippen LogP contribution in [-0.4, -0.2) is 30.1 Å². The van der Waals surface area contributed by atoms with Crippen molar-refractivity contribution in [3.05, 3.63) is 0 Å². The molecule has 0 fully saturated rings. The Hall–Kier alpha value is -0.730. The number of nitrogens with one attached hydrogen (secondary N) is 1. The summed E-state index contributed by atoms with van der Waals surface area (Å²) in [5.74, 6) is -0.777. The van der Waals surface area contributed by atoms with E-state index >= 15 is 0 Å². The van der Waals surface area contributed by atoms with Crippen molar-refractivity contribution in [3.63, 3.8) is 0 Å². The maximum Gasteiger partial charge on any atom is 0.238 e. The topological polar surface area (TPSA) is 115 Å². The van der Waals surface area contributed by atoms with Crippen molar-refractivity contribution < 1.29 is 13.2 Å². The molecule has 0 saturated carbocycles. The Morgan fingerprint density at radius 3 is 2.07 bits per heavy atom. The largest absolute Gasteiger partial charge is 0.392 e. The molecule has 1 amide bonds. The number of hydrogen-bond acceptors (Lipinski definition) is 4. The Kier molecular flexibility index (Phi) is 4.20. The van der Waals surface area contributed by atoms with Crippen LogP contribution in [0, 0.1) is 0 Å². The number of amides is 1. The molecule has 6 nitrogen and oxygen atoms in total. The molecule has 0 heterocycles. The normalized spacial score (nSPS) is 14.6. The van der Waals surface area contributed by atoms with Crippen LogP contribution >= 0.6 is 12.2 Å². The Balaban J connectivity index is 4.97. The van der Waals surface area contributed by atoms with E-state index in [1.807, 2.05) is 0 Å². The molecule has 0 saturated heterocycles. The van der Waals surface area contributed by atoms with Gasteiger partial charge in [-0.05, 0) is 20.8 Å². The van der Waals surface area contributed by atoms with Crippen molar-refractivity contribution in [2.75, 3.05) is 0 Å². The molecule has 1 unspecified atom stereocenters. The average Bonchev–Trinajstić information content (AvgIpc) is 2.00. The van der Waals surface area contributed by atoms with E-state index < -0.39 is 26.7 Å². The van der Waals surface area contributed by atoms with Gasteiger partial charge in [0.25, 0.3) is 0 Å². The Bertz CT molecular complexity index is 375. The third-order valence-corrected chi connectivity index (χ3v) is 4.36. The molecule has 0 aliphatic heterocycles. The summed E-state index contributed by atoms with van der Waals surface area (Å²) in [6.45, 7) is 4.06. The first-order valence-electron chi connectivity index (χ1n) is 4.12. The third-order valence-electron chi connectivity index (χ3n) is 1.88. The predicted molar refractivity (Wildman–Crippen MR) is 61.6 cm³/mol. The van der Waals surface area contributed by atoms with Crippen molar-refractivity contribution in [2.24, 2.45) is 11.5 Å². The molecule has 0 aliphatic carbocycles. The first-order chi connectivity index (χ1) is 6.50. The second-order valence-electron chi connectivity index (χ2n) is 3.68. The Morgan fingerprint density at radius 1 is 1.40 bits per heavy atom. The molecule has 0 aromatic carbocycles. The molecule has 0 radical (unpaired) electrons. The van der Waals surface area contributed by atoms with E-state index in [9.17, 15) is 13.2 Å². The van der Waals surface area contributed by atoms with Crippen LogP contribution in [0.2, 0.25) is 0 Å². The van der Waals surface area contributed by atoms with Gasteiger partial charge in [0.2, 0.25) is 15.9 Å². The zero-order valence-corrected chi connectivity index (χ0v) is 10.4. The van der Waals surface area contributed by atoms with Crippen LogP contribution in [0.5, 0.6) is 0 Å². The summed E-state index contributed by atoms with van der Waals surface area (Å²) in [7, 11) is -3.78. The van der Waals surface area contributed by atoms with E-state index in [0.717, 1.165) is 0 Å². The monoisotopic (exact) mass is 253 g/mol.